The Hall–Kier alpha value is -2.46. The van der Waals surface area contributed by atoms with Gasteiger partial charge >= 0.3 is 0 Å². The molecule has 0 bridgehead atoms. The van der Waals surface area contributed by atoms with E-state index in [1.54, 1.807) is 12.1 Å². The number of Topliss-reactive ketones (excluding diaryl/α,β-unsaturated/α-hetero) is 1. The molecule has 0 N–H and O–H groups in total. The van der Waals surface area contributed by atoms with Crippen LogP contribution in [0.2, 0.25) is 5.02 Å². The van der Waals surface area contributed by atoms with Crippen LogP contribution in [0.4, 0.5) is 10.1 Å². The van der Waals surface area contributed by atoms with Crippen molar-refractivity contribution in [3.8, 4) is 0 Å². The Labute approximate surface area is 187 Å². The van der Waals surface area contributed by atoms with Gasteiger partial charge in [0.2, 0.25) is 0 Å². The second kappa shape index (κ2) is 8.23. The summed E-state index contributed by atoms with van der Waals surface area (Å²) < 4.78 is 13.8. The maximum Gasteiger partial charge on any atom is 0.140 e. The van der Waals surface area contributed by atoms with Crippen molar-refractivity contribution in [1.82, 2.24) is 4.98 Å². The van der Waals surface area contributed by atoms with Crippen LogP contribution in [0.15, 0.2) is 54.7 Å². The molecule has 5 rings (SSSR count). The first-order valence-corrected chi connectivity index (χ1v) is 11.4. The number of rotatable bonds is 5. The van der Waals surface area contributed by atoms with Crippen molar-refractivity contribution in [2.75, 3.05) is 18.0 Å². The summed E-state index contributed by atoms with van der Waals surface area (Å²) in [5.41, 5.74) is 2.93. The first-order valence-electron chi connectivity index (χ1n) is 11.0. The molecule has 2 fully saturated rings. The zero-order valence-corrected chi connectivity index (χ0v) is 18.4. The summed E-state index contributed by atoms with van der Waals surface area (Å²) in [6.07, 6.45) is 4.47. The SMILES string of the molecule is CC(C(=O)Cc1ccc(Cl)cc1)C1C[C@@H]2CN(c3ccnc4ccc(F)cc34)C[C@@H]2C1. The molecular formula is C26H26ClFN2O. The number of nitrogens with zero attached hydrogens (tertiary/aromatic N) is 2. The van der Waals surface area contributed by atoms with E-state index in [2.05, 4.69) is 16.8 Å². The third-order valence-electron chi connectivity index (χ3n) is 7.32. The molecule has 0 spiro atoms. The van der Waals surface area contributed by atoms with Crippen LogP contribution in [-0.4, -0.2) is 23.9 Å². The van der Waals surface area contributed by atoms with Gasteiger partial charge < -0.3 is 4.90 Å². The number of carbonyl (C=O) groups excluding carboxylic acids is 1. The Morgan fingerprint density at radius 3 is 2.55 bits per heavy atom. The lowest BCUT2D eigenvalue weighted by molar-refractivity contribution is -0.123. The molecule has 2 unspecified atom stereocenters. The highest BCUT2D eigenvalue weighted by atomic mass is 35.5. The van der Waals surface area contributed by atoms with Crippen LogP contribution in [0.5, 0.6) is 0 Å². The maximum absolute atomic E-state index is 13.8. The van der Waals surface area contributed by atoms with Crippen molar-refractivity contribution in [3.05, 3.63) is 71.1 Å². The standard InChI is InChI=1S/C26H26ClFN2O/c1-16(26(31)10-17-2-4-21(27)5-3-17)18-11-19-14-30(15-20(19)12-18)25-8-9-29-24-7-6-22(28)13-23(24)25/h2-9,13,16,18-20H,10-12,14-15H2,1H3/t16?,18?,19-,20+. The molecule has 2 aliphatic rings. The Morgan fingerprint density at radius 2 is 1.84 bits per heavy atom. The second-order valence-corrected chi connectivity index (χ2v) is 9.64. The van der Waals surface area contributed by atoms with Gasteiger partial charge in [-0.2, -0.15) is 0 Å². The van der Waals surface area contributed by atoms with Gasteiger partial charge in [-0.25, -0.2) is 4.39 Å². The third-order valence-corrected chi connectivity index (χ3v) is 7.57. The molecule has 4 atom stereocenters. The summed E-state index contributed by atoms with van der Waals surface area (Å²) in [5.74, 6) is 1.79. The Kier molecular flexibility index (Phi) is 5.43. The molecule has 2 heterocycles. The van der Waals surface area contributed by atoms with E-state index in [4.69, 9.17) is 11.6 Å². The second-order valence-electron chi connectivity index (χ2n) is 9.21. The summed E-state index contributed by atoms with van der Waals surface area (Å²) in [7, 11) is 0. The van der Waals surface area contributed by atoms with Crippen molar-refractivity contribution in [1.29, 1.82) is 0 Å². The molecule has 31 heavy (non-hydrogen) atoms. The van der Waals surface area contributed by atoms with Crippen LogP contribution in [0.3, 0.4) is 0 Å². The van der Waals surface area contributed by atoms with E-state index in [1.165, 1.54) is 6.07 Å². The van der Waals surface area contributed by atoms with Crippen molar-refractivity contribution in [2.24, 2.45) is 23.7 Å². The summed E-state index contributed by atoms with van der Waals surface area (Å²) >= 11 is 5.95. The number of pyridine rings is 1. The fourth-order valence-corrected chi connectivity index (χ4v) is 5.68. The number of halogens is 2. The highest BCUT2D eigenvalue weighted by Gasteiger charge is 2.43. The van der Waals surface area contributed by atoms with Crippen LogP contribution >= 0.6 is 11.6 Å². The Bertz CT molecular complexity index is 1100. The molecule has 3 nitrogen and oxygen atoms in total. The number of benzene rings is 2. The quantitative estimate of drug-likeness (QED) is 0.496. The van der Waals surface area contributed by atoms with E-state index in [1.807, 2.05) is 36.5 Å². The zero-order chi connectivity index (χ0) is 21.5. The summed E-state index contributed by atoms with van der Waals surface area (Å²) in [6, 6.07) is 14.4. The van der Waals surface area contributed by atoms with Crippen LogP contribution in [0.1, 0.15) is 25.3 Å². The largest absolute Gasteiger partial charge is 0.370 e. The van der Waals surface area contributed by atoms with Gasteiger partial charge in [-0.3, -0.25) is 9.78 Å². The fourth-order valence-electron chi connectivity index (χ4n) is 5.56. The lowest BCUT2D eigenvalue weighted by Crippen LogP contribution is -2.25. The van der Waals surface area contributed by atoms with Crippen LogP contribution in [-0.2, 0) is 11.2 Å². The minimum absolute atomic E-state index is 0.0746. The average Bonchev–Trinajstić information content (AvgIpc) is 3.33. The first kappa shape index (κ1) is 20.4. The fraction of sp³-hybridized carbons (Fsp3) is 0.385. The molecule has 1 saturated heterocycles. The molecule has 1 aromatic heterocycles. The van der Waals surface area contributed by atoms with Crippen molar-refractivity contribution in [3.63, 3.8) is 0 Å². The lowest BCUT2D eigenvalue weighted by Gasteiger charge is -2.24. The van der Waals surface area contributed by atoms with Gasteiger partial charge in [-0.1, -0.05) is 30.7 Å². The van der Waals surface area contributed by atoms with Gasteiger partial charge in [-0.05, 0) is 72.6 Å². The predicted molar refractivity (Wildman–Crippen MR) is 123 cm³/mol. The monoisotopic (exact) mass is 436 g/mol. The number of carbonyl (C=O) groups is 1. The van der Waals surface area contributed by atoms with Gasteiger partial charge in [0, 0.05) is 47.7 Å². The molecular weight excluding hydrogens is 411 g/mol. The van der Waals surface area contributed by atoms with Gasteiger partial charge in [0.25, 0.3) is 0 Å². The van der Waals surface area contributed by atoms with Gasteiger partial charge in [0.1, 0.15) is 11.6 Å². The van der Waals surface area contributed by atoms with Gasteiger partial charge in [-0.15, -0.1) is 0 Å². The van der Waals surface area contributed by atoms with E-state index in [9.17, 15) is 9.18 Å². The molecule has 3 aromatic rings. The van der Waals surface area contributed by atoms with E-state index < -0.39 is 0 Å². The van der Waals surface area contributed by atoms with E-state index in [0.717, 1.165) is 48.1 Å². The summed E-state index contributed by atoms with van der Waals surface area (Å²) in [4.78, 5) is 19.6. The number of hydrogen-bond acceptors (Lipinski definition) is 3. The smallest absolute Gasteiger partial charge is 0.140 e. The van der Waals surface area contributed by atoms with Crippen LogP contribution in [0.25, 0.3) is 10.9 Å². The highest BCUT2D eigenvalue weighted by molar-refractivity contribution is 6.30. The lowest BCUT2D eigenvalue weighted by atomic mass is 9.85. The first-order chi connectivity index (χ1) is 15.0. The summed E-state index contributed by atoms with van der Waals surface area (Å²) in [5, 5.41) is 1.58. The molecule has 0 radical (unpaired) electrons. The van der Waals surface area contributed by atoms with Crippen LogP contribution < -0.4 is 4.90 Å². The molecule has 1 aliphatic heterocycles. The number of aromatic nitrogens is 1. The minimum Gasteiger partial charge on any atom is -0.370 e. The number of ketones is 1. The molecule has 160 valence electrons. The number of fused-ring (bicyclic) bond motifs is 2. The molecule has 2 aromatic carbocycles. The normalized spacial score (nSPS) is 23.8. The predicted octanol–water partition coefficient (Wildman–Crippen LogP) is 5.94. The maximum atomic E-state index is 13.8. The molecule has 1 saturated carbocycles. The van der Waals surface area contributed by atoms with Crippen LogP contribution in [0, 0.1) is 29.5 Å². The average molecular weight is 437 g/mol. The van der Waals surface area contributed by atoms with Crippen molar-refractivity contribution >= 4 is 34.0 Å². The molecule has 1 aliphatic carbocycles. The van der Waals surface area contributed by atoms with Crippen molar-refractivity contribution < 1.29 is 9.18 Å². The van der Waals surface area contributed by atoms with Gasteiger partial charge in [0.05, 0.1) is 5.52 Å². The Morgan fingerprint density at radius 1 is 1.13 bits per heavy atom. The van der Waals surface area contributed by atoms with E-state index in [-0.39, 0.29) is 11.7 Å². The van der Waals surface area contributed by atoms with E-state index >= 15 is 0 Å². The molecule has 0 amide bonds. The number of hydrogen-bond donors (Lipinski definition) is 0. The number of anilines is 1. The van der Waals surface area contributed by atoms with Gasteiger partial charge in [0.15, 0.2) is 0 Å². The Balaban J connectivity index is 1.24. The summed E-state index contributed by atoms with van der Waals surface area (Å²) in [6.45, 7) is 4.03. The zero-order valence-electron chi connectivity index (χ0n) is 17.6. The van der Waals surface area contributed by atoms with Crippen molar-refractivity contribution in [2.45, 2.75) is 26.2 Å². The topological polar surface area (TPSA) is 33.2 Å². The highest BCUT2D eigenvalue weighted by Crippen LogP contribution is 2.46. The minimum atomic E-state index is -0.228. The third kappa shape index (κ3) is 4.06. The van der Waals surface area contributed by atoms with E-state index in [0.29, 0.717) is 35.0 Å². The molecule has 5 heteroatoms.